The zero-order valence-electron chi connectivity index (χ0n) is 19.2. The second kappa shape index (κ2) is 9.97. The van der Waals surface area contributed by atoms with Gasteiger partial charge in [-0.05, 0) is 49.4 Å². The summed E-state index contributed by atoms with van der Waals surface area (Å²) < 4.78 is 16.5. The number of hydrogen-bond donors (Lipinski definition) is 1. The maximum atomic E-state index is 13.4. The van der Waals surface area contributed by atoms with E-state index in [-0.39, 0.29) is 25.4 Å². The van der Waals surface area contributed by atoms with Crippen molar-refractivity contribution < 1.29 is 28.9 Å². The smallest absolute Gasteiger partial charge is 0.264 e. The number of ketones is 1. The van der Waals surface area contributed by atoms with E-state index in [0.717, 1.165) is 0 Å². The van der Waals surface area contributed by atoms with Gasteiger partial charge in [-0.25, -0.2) is 0 Å². The summed E-state index contributed by atoms with van der Waals surface area (Å²) in [4.78, 5) is 27.8. The van der Waals surface area contributed by atoms with Gasteiger partial charge in [-0.3, -0.25) is 9.59 Å². The van der Waals surface area contributed by atoms with Gasteiger partial charge in [0, 0.05) is 11.1 Å². The normalized spacial score (nSPS) is 16.8. The highest BCUT2D eigenvalue weighted by atomic mass is 16.5. The van der Waals surface area contributed by atoms with Gasteiger partial charge in [0.15, 0.2) is 22.9 Å². The molecule has 176 valence electrons. The third-order valence-electron chi connectivity index (χ3n) is 5.78. The number of Topliss-reactive ketones (excluding diaryl/α,β-unsaturated/α-hetero) is 1. The zero-order valence-corrected chi connectivity index (χ0v) is 19.2. The fourth-order valence-corrected chi connectivity index (χ4v) is 4.12. The topological polar surface area (TPSA) is 85.3 Å². The van der Waals surface area contributed by atoms with Crippen LogP contribution in [0.1, 0.15) is 29.3 Å². The maximum absolute atomic E-state index is 13.4. The molecule has 0 spiro atoms. The van der Waals surface area contributed by atoms with Crippen LogP contribution in [0.2, 0.25) is 0 Å². The molecule has 3 aromatic rings. The zero-order chi connectivity index (χ0) is 24.1. The first-order valence-electron chi connectivity index (χ1n) is 11.1. The Hall–Kier alpha value is -3.84. The number of amides is 1. The van der Waals surface area contributed by atoms with Crippen LogP contribution >= 0.6 is 0 Å². The SMILES string of the molecule is CCOc1ccc(C(=O)C[C@@]2(O)C(=O)N(CCOc3ccccc3OC)c3ccccc32)cc1. The van der Waals surface area contributed by atoms with E-state index in [1.807, 2.05) is 19.1 Å². The van der Waals surface area contributed by atoms with E-state index in [1.54, 1.807) is 67.8 Å². The minimum atomic E-state index is -1.95. The highest BCUT2D eigenvalue weighted by Crippen LogP contribution is 2.42. The Morgan fingerprint density at radius 2 is 1.62 bits per heavy atom. The molecule has 3 aromatic carbocycles. The largest absolute Gasteiger partial charge is 0.494 e. The molecule has 1 heterocycles. The van der Waals surface area contributed by atoms with Crippen LogP contribution in [-0.2, 0) is 10.4 Å². The number of carbonyl (C=O) groups excluding carboxylic acids is 2. The summed E-state index contributed by atoms with van der Waals surface area (Å²) >= 11 is 0. The summed E-state index contributed by atoms with van der Waals surface area (Å²) in [7, 11) is 1.56. The van der Waals surface area contributed by atoms with Crippen LogP contribution in [0.3, 0.4) is 0 Å². The van der Waals surface area contributed by atoms with Crippen LogP contribution in [0.15, 0.2) is 72.8 Å². The van der Waals surface area contributed by atoms with Crippen molar-refractivity contribution in [3.05, 3.63) is 83.9 Å². The average molecular weight is 462 g/mol. The summed E-state index contributed by atoms with van der Waals surface area (Å²) in [5, 5.41) is 11.5. The number of rotatable bonds is 10. The summed E-state index contributed by atoms with van der Waals surface area (Å²) in [6.07, 6.45) is -0.360. The molecule has 0 saturated carbocycles. The highest BCUT2D eigenvalue weighted by Gasteiger charge is 2.50. The predicted octanol–water partition coefficient (Wildman–Crippen LogP) is 3.98. The Balaban J connectivity index is 1.51. The lowest BCUT2D eigenvalue weighted by Gasteiger charge is -2.23. The van der Waals surface area contributed by atoms with Gasteiger partial charge in [-0.15, -0.1) is 0 Å². The highest BCUT2D eigenvalue weighted by molar-refractivity contribution is 6.10. The van der Waals surface area contributed by atoms with Crippen molar-refractivity contribution in [3.63, 3.8) is 0 Å². The van der Waals surface area contributed by atoms with Crippen molar-refractivity contribution in [3.8, 4) is 17.2 Å². The number of para-hydroxylation sites is 3. The Morgan fingerprint density at radius 3 is 2.32 bits per heavy atom. The summed E-state index contributed by atoms with van der Waals surface area (Å²) in [6, 6.07) is 20.9. The molecule has 0 unspecified atom stereocenters. The molecule has 34 heavy (non-hydrogen) atoms. The first kappa shape index (κ1) is 23.3. The van der Waals surface area contributed by atoms with Crippen LogP contribution in [0.5, 0.6) is 17.2 Å². The van der Waals surface area contributed by atoms with E-state index in [1.165, 1.54) is 4.90 Å². The number of aliphatic hydroxyl groups is 1. The van der Waals surface area contributed by atoms with Gasteiger partial charge in [-0.2, -0.15) is 0 Å². The van der Waals surface area contributed by atoms with Gasteiger partial charge < -0.3 is 24.2 Å². The number of fused-ring (bicyclic) bond motifs is 1. The van der Waals surface area contributed by atoms with Gasteiger partial charge in [0.05, 0.1) is 32.4 Å². The van der Waals surface area contributed by atoms with Crippen LogP contribution in [0, 0.1) is 0 Å². The molecule has 7 nitrogen and oxygen atoms in total. The second-order valence-electron chi connectivity index (χ2n) is 7.89. The standard InChI is InChI=1S/C27H27NO6/c1-3-33-20-14-12-19(13-15-20)23(29)18-27(31)21-8-4-5-9-22(21)28(26(27)30)16-17-34-25-11-7-6-10-24(25)32-2/h4-15,31H,3,16-18H2,1-2H3/t27-/m0/s1. The van der Waals surface area contributed by atoms with Crippen molar-refractivity contribution in [1.82, 2.24) is 0 Å². The average Bonchev–Trinajstić information content (AvgIpc) is 3.06. The Morgan fingerprint density at radius 1 is 0.941 bits per heavy atom. The number of methoxy groups -OCH3 is 1. The van der Waals surface area contributed by atoms with Gasteiger partial charge in [0.25, 0.3) is 5.91 Å². The van der Waals surface area contributed by atoms with Gasteiger partial charge in [-0.1, -0.05) is 30.3 Å². The molecule has 1 atom stereocenters. The van der Waals surface area contributed by atoms with Crippen molar-refractivity contribution in [2.45, 2.75) is 18.9 Å². The van der Waals surface area contributed by atoms with Crippen molar-refractivity contribution >= 4 is 17.4 Å². The van der Waals surface area contributed by atoms with Crippen molar-refractivity contribution in [2.75, 3.05) is 31.8 Å². The number of benzene rings is 3. The minimum absolute atomic E-state index is 0.184. The fraction of sp³-hybridized carbons (Fsp3) is 0.259. The third-order valence-corrected chi connectivity index (χ3v) is 5.78. The van der Waals surface area contributed by atoms with Crippen LogP contribution in [-0.4, -0.2) is 43.7 Å². The van der Waals surface area contributed by atoms with Crippen LogP contribution in [0.4, 0.5) is 5.69 Å². The molecule has 0 saturated heterocycles. The molecule has 4 rings (SSSR count). The lowest BCUT2D eigenvalue weighted by molar-refractivity contribution is -0.135. The van der Waals surface area contributed by atoms with Crippen LogP contribution in [0.25, 0.3) is 0 Å². The molecule has 0 aliphatic carbocycles. The Kier molecular flexibility index (Phi) is 6.84. The van der Waals surface area contributed by atoms with Gasteiger partial charge in [0.2, 0.25) is 0 Å². The summed E-state index contributed by atoms with van der Waals surface area (Å²) in [5.74, 6) is 0.928. The lowest BCUT2D eigenvalue weighted by atomic mass is 9.88. The van der Waals surface area contributed by atoms with E-state index in [0.29, 0.717) is 40.7 Å². The fourth-order valence-electron chi connectivity index (χ4n) is 4.12. The molecule has 7 heteroatoms. The van der Waals surface area contributed by atoms with E-state index >= 15 is 0 Å². The number of carbonyl (C=O) groups is 2. The molecule has 1 aliphatic heterocycles. The van der Waals surface area contributed by atoms with Gasteiger partial charge >= 0.3 is 0 Å². The summed E-state index contributed by atoms with van der Waals surface area (Å²) in [5.41, 5.74) is -0.564. The molecule has 0 bridgehead atoms. The molecule has 0 aromatic heterocycles. The monoisotopic (exact) mass is 461 g/mol. The Bertz CT molecular complexity index is 1180. The summed E-state index contributed by atoms with van der Waals surface area (Å²) in [6.45, 7) is 2.79. The van der Waals surface area contributed by atoms with E-state index in [9.17, 15) is 14.7 Å². The maximum Gasteiger partial charge on any atom is 0.264 e. The van der Waals surface area contributed by atoms with E-state index < -0.39 is 11.5 Å². The molecular formula is C27H27NO6. The predicted molar refractivity (Wildman–Crippen MR) is 128 cm³/mol. The second-order valence-corrected chi connectivity index (χ2v) is 7.89. The number of anilines is 1. The van der Waals surface area contributed by atoms with Crippen molar-refractivity contribution in [1.29, 1.82) is 0 Å². The molecule has 1 amide bonds. The first-order valence-corrected chi connectivity index (χ1v) is 11.1. The molecule has 1 N–H and O–H groups in total. The lowest BCUT2D eigenvalue weighted by Crippen LogP contribution is -2.43. The number of ether oxygens (including phenoxy) is 3. The molecule has 0 radical (unpaired) electrons. The third kappa shape index (κ3) is 4.47. The van der Waals surface area contributed by atoms with Crippen LogP contribution < -0.4 is 19.1 Å². The number of hydrogen-bond acceptors (Lipinski definition) is 6. The molecule has 1 aliphatic rings. The van der Waals surface area contributed by atoms with Gasteiger partial charge in [0.1, 0.15) is 12.4 Å². The molecular weight excluding hydrogens is 434 g/mol. The van der Waals surface area contributed by atoms with Crippen molar-refractivity contribution in [2.24, 2.45) is 0 Å². The van der Waals surface area contributed by atoms with E-state index in [4.69, 9.17) is 14.2 Å². The van der Waals surface area contributed by atoms with E-state index in [2.05, 4.69) is 0 Å². The number of nitrogens with zero attached hydrogens (tertiary/aromatic N) is 1. The first-order chi connectivity index (χ1) is 16.5. The Labute approximate surface area is 198 Å². The quantitative estimate of drug-likeness (QED) is 0.460. The minimum Gasteiger partial charge on any atom is -0.494 e. The molecule has 0 fully saturated rings.